The molecule has 0 saturated carbocycles. The van der Waals surface area contributed by atoms with E-state index >= 15 is 0 Å². The summed E-state index contributed by atoms with van der Waals surface area (Å²) in [7, 11) is 0. The lowest BCUT2D eigenvalue weighted by Crippen LogP contribution is -2.27. The van der Waals surface area contributed by atoms with E-state index in [1.165, 1.54) is 11.6 Å². The molecule has 1 aromatic heterocycles. The zero-order valence-electron chi connectivity index (χ0n) is 13.4. The van der Waals surface area contributed by atoms with Gasteiger partial charge in [0.05, 0.1) is 5.69 Å². The van der Waals surface area contributed by atoms with Crippen molar-refractivity contribution in [2.24, 2.45) is 0 Å². The van der Waals surface area contributed by atoms with Gasteiger partial charge < -0.3 is 5.32 Å². The van der Waals surface area contributed by atoms with Crippen LogP contribution in [-0.2, 0) is 0 Å². The van der Waals surface area contributed by atoms with Crippen molar-refractivity contribution in [2.75, 3.05) is 6.54 Å². The smallest absolute Gasteiger partial charge is 0.148 e. The summed E-state index contributed by atoms with van der Waals surface area (Å²) >= 11 is 0. The molecule has 0 spiro atoms. The minimum atomic E-state index is -0.248. The van der Waals surface area contributed by atoms with Crippen molar-refractivity contribution in [1.29, 1.82) is 0 Å². The van der Waals surface area contributed by atoms with E-state index in [9.17, 15) is 4.39 Å². The Morgan fingerprint density at radius 2 is 1.86 bits per heavy atom. The first-order valence-electron chi connectivity index (χ1n) is 7.46. The summed E-state index contributed by atoms with van der Waals surface area (Å²) in [4.78, 5) is 0. The highest BCUT2D eigenvalue weighted by atomic mass is 19.1. The van der Waals surface area contributed by atoms with Crippen LogP contribution in [0.5, 0.6) is 0 Å². The number of aromatic nitrogens is 2. The number of para-hydroxylation sites is 1. The van der Waals surface area contributed by atoms with Gasteiger partial charge in [-0.1, -0.05) is 32.9 Å². The van der Waals surface area contributed by atoms with Crippen LogP contribution in [-0.4, -0.2) is 22.4 Å². The molecule has 1 atom stereocenters. The summed E-state index contributed by atoms with van der Waals surface area (Å²) in [5, 5.41) is 7.99. The normalized spacial score (nSPS) is 12.9. The molecule has 0 aliphatic rings. The van der Waals surface area contributed by atoms with Gasteiger partial charge in [0.2, 0.25) is 0 Å². The van der Waals surface area contributed by atoms with Crippen LogP contribution < -0.4 is 5.32 Å². The van der Waals surface area contributed by atoms with Crippen molar-refractivity contribution in [3.63, 3.8) is 0 Å². The summed E-state index contributed by atoms with van der Waals surface area (Å²) in [5.74, 6) is 0.0931. The molecule has 4 heteroatoms. The fourth-order valence-electron chi connectivity index (χ4n) is 2.74. The van der Waals surface area contributed by atoms with Gasteiger partial charge in [-0.05, 0) is 31.9 Å². The SMILES string of the molecule is Cc1nn(-c2ccccc2F)c(C)c1C(C)CNC(C)C. The molecule has 1 unspecified atom stereocenters. The third-order valence-corrected chi connectivity index (χ3v) is 3.75. The fourth-order valence-corrected chi connectivity index (χ4v) is 2.74. The zero-order valence-corrected chi connectivity index (χ0v) is 13.4. The second kappa shape index (κ2) is 6.39. The standard InChI is InChI=1S/C17H24FN3/c1-11(2)19-10-12(3)17-13(4)20-21(14(17)5)16-9-7-6-8-15(16)18/h6-9,11-12,19H,10H2,1-5H3. The molecule has 2 rings (SSSR count). The van der Waals surface area contributed by atoms with Crippen LogP contribution in [0.2, 0.25) is 0 Å². The Labute approximate surface area is 126 Å². The van der Waals surface area contributed by atoms with Crippen LogP contribution in [0.15, 0.2) is 24.3 Å². The van der Waals surface area contributed by atoms with Crippen LogP contribution in [0, 0.1) is 19.7 Å². The van der Waals surface area contributed by atoms with Gasteiger partial charge in [-0.3, -0.25) is 0 Å². The predicted molar refractivity (Wildman–Crippen MR) is 84.5 cm³/mol. The molecule has 0 bridgehead atoms. The van der Waals surface area contributed by atoms with Crippen molar-refractivity contribution in [2.45, 2.75) is 46.6 Å². The van der Waals surface area contributed by atoms with Gasteiger partial charge in [0.15, 0.2) is 0 Å². The number of nitrogens with one attached hydrogen (secondary N) is 1. The fraction of sp³-hybridized carbons (Fsp3) is 0.471. The van der Waals surface area contributed by atoms with Gasteiger partial charge in [-0.15, -0.1) is 0 Å². The minimum absolute atomic E-state index is 0.248. The monoisotopic (exact) mass is 289 g/mol. The lowest BCUT2D eigenvalue weighted by molar-refractivity contribution is 0.546. The van der Waals surface area contributed by atoms with Gasteiger partial charge in [0.25, 0.3) is 0 Å². The third kappa shape index (κ3) is 3.32. The Kier molecular flexibility index (Phi) is 4.78. The number of nitrogens with zero attached hydrogens (tertiary/aromatic N) is 2. The average Bonchev–Trinajstić information content (AvgIpc) is 2.72. The molecule has 1 heterocycles. The molecular formula is C17H24FN3. The summed E-state index contributed by atoms with van der Waals surface area (Å²) in [6.07, 6.45) is 0. The Bertz CT molecular complexity index is 616. The number of hydrogen-bond acceptors (Lipinski definition) is 2. The molecule has 0 radical (unpaired) electrons. The van der Waals surface area contributed by atoms with Crippen LogP contribution in [0.1, 0.15) is 43.6 Å². The lowest BCUT2D eigenvalue weighted by atomic mass is 9.99. The highest BCUT2D eigenvalue weighted by Gasteiger charge is 2.19. The predicted octanol–water partition coefficient (Wildman–Crippen LogP) is 3.73. The van der Waals surface area contributed by atoms with Crippen molar-refractivity contribution < 1.29 is 4.39 Å². The average molecular weight is 289 g/mol. The van der Waals surface area contributed by atoms with Gasteiger partial charge in [0.1, 0.15) is 11.5 Å². The van der Waals surface area contributed by atoms with Gasteiger partial charge in [-0.25, -0.2) is 9.07 Å². The van der Waals surface area contributed by atoms with Crippen molar-refractivity contribution in [3.05, 3.63) is 47.0 Å². The summed E-state index contributed by atoms with van der Waals surface area (Å²) < 4.78 is 15.7. The van der Waals surface area contributed by atoms with Crippen molar-refractivity contribution in [3.8, 4) is 5.69 Å². The second-order valence-corrected chi connectivity index (χ2v) is 5.91. The lowest BCUT2D eigenvalue weighted by Gasteiger charge is -2.16. The minimum Gasteiger partial charge on any atom is -0.314 e. The molecule has 0 amide bonds. The quantitative estimate of drug-likeness (QED) is 0.909. The number of hydrogen-bond donors (Lipinski definition) is 1. The van der Waals surface area contributed by atoms with E-state index in [1.807, 2.05) is 19.9 Å². The summed E-state index contributed by atoms with van der Waals surface area (Å²) in [5.41, 5.74) is 3.68. The molecule has 0 fully saturated rings. The molecule has 3 nitrogen and oxygen atoms in total. The number of benzene rings is 1. The Morgan fingerprint density at radius 3 is 2.48 bits per heavy atom. The molecule has 0 aliphatic carbocycles. The van der Waals surface area contributed by atoms with Crippen molar-refractivity contribution in [1.82, 2.24) is 15.1 Å². The second-order valence-electron chi connectivity index (χ2n) is 5.91. The summed E-state index contributed by atoms with van der Waals surface area (Å²) in [6, 6.07) is 7.21. The van der Waals surface area contributed by atoms with Gasteiger partial charge in [0, 0.05) is 23.8 Å². The maximum atomic E-state index is 14.0. The first-order valence-corrected chi connectivity index (χ1v) is 7.46. The van der Waals surface area contributed by atoms with E-state index in [2.05, 4.69) is 31.2 Å². The number of rotatable bonds is 5. The number of aryl methyl sites for hydroxylation is 1. The first kappa shape index (κ1) is 15.7. The van der Waals surface area contributed by atoms with Crippen molar-refractivity contribution >= 4 is 0 Å². The molecule has 2 aromatic rings. The molecule has 21 heavy (non-hydrogen) atoms. The van der Waals surface area contributed by atoms with Gasteiger partial charge >= 0.3 is 0 Å². The largest absolute Gasteiger partial charge is 0.314 e. The van der Waals surface area contributed by atoms with Crippen LogP contribution in [0.25, 0.3) is 5.69 Å². The molecule has 0 aliphatic heterocycles. The van der Waals surface area contributed by atoms with Crippen LogP contribution in [0.4, 0.5) is 4.39 Å². The molecular weight excluding hydrogens is 265 g/mol. The van der Waals surface area contributed by atoms with E-state index in [1.54, 1.807) is 16.8 Å². The topological polar surface area (TPSA) is 29.9 Å². The van der Waals surface area contributed by atoms with Crippen LogP contribution >= 0.6 is 0 Å². The Balaban J connectivity index is 2.36. The highest BCUT2D eigenvalue weighted by molar-refractivity contribution is 5.39. The molecule has 1 aromatic carbocycles. The van der Waals surface area contributed by atoms with Gasteiger partial charge in [-0.2, -0.15) is 5.10 Å². The summed E-state index contributed by atoms with van der Waals surface area (Å²) in [6.45, 7) is 11.3. The van der Waals surface area contributed by atoms with E-state index < -0.39 is 0 Å². The Morgan fingerprint density at radius 1 is 1.19 bits per heavy atom. The molecule has 1 N–H and O–H groups in total. The highest BCUT2D eigenvalue weighted by Crippen LogP contribution is 2.26. The van der Waals surface area contributed by atoms with E-state index in [0.29, 0.717) is 17.6 Å². The maximum absolute atomic E-state index is 14.0. The molecule has 0 saturated heterocycles. The van der Waals surface area contributed by atoms with E-state index in [0.717, 1.165) is 17.9 Å². The Hall–Kier alpha value is -1.68. The molecule has 114 valence electrons. The van der Waals surface area contributed by atoms with Crippen LogP contribution in [0.3, 0.4) is 0 Å². The maximum Gasteiger partial charge on any atom is 0.148 e. The third-order valence-electron chi connectivity index (χ3n) is 3.75. The first-order chi connectivity index (χ1) is 9.91. The zero-order chi connectivity index (χ0) is 15.6. The van der Waals surface area contributed by atoms with E-state index in [4.69, 9.17) is 0 Å². The number of halogens is 1. The van der Waals surface area contributed by atoms with E-state index in [-0.39, 0.29) is 5.82 Å².